The largest absolute Gasteiger partial charge is 0.335 e. The van der Waals surface area contributed by atoms with Crippen molar-refractivity contribution in [2.24, 2.45) is 0 Å². The molecule has 0 spiro atoms. The van der Waals surface area contributed by atoms with E-state index in [0.717, 1.165) is 48.6 Å². The van der Waals surface area contributed by atoms with Crippen LogP contribution >= 0.6 is 0 Å². The smallest absolute Gasteiger partial charge is 0.319 e. The first-order valence-electron chi connectivity index (χ1n) is 9.35. The molecule has 1 aliphatic heterocycles. The second-order valence-corrected chi connectivity index (χ2v) is 7.47. The molecule has 3 rings (SSSR count). The zero-order valence-electron chi connectivity index (χ0n) is 16.1. The number of para-hydroxylation sites is 1. The van der Waals surface area contributed by atoms with Gasteiger partial charge >= 0.3 is 6.03 Å². The van der Waals surface area contributed by atoms with Gasteiger partial charge < -0.3 is 15.5 Å². The van der Waals surface area contributed by atoms with Crippen LogP contribution in [0.1, 0.15) is 43.9 Å². The van der Waals surface area contributed by atoms with Gasteiger partial charge in [0.2, 0.25) is 0 Å². The highest BCUT2D eigenvalue weighted by Crippen LogP contribution is 2.28. The minimum absolute atomic E-state index is 0.147. The van der Waals surface area contributed by atoms with E-state index in [2.05, 4.69) is 60.6 Å². The van der Waals surface area contributed by atoms with Crippen LogP contribution < -0.4 is 10.6 Å². The molecule has 0 atom stereocenters. The lowest BCUT2D eigenvalue weighted by molar-refractivity contribution is 0.221. The molecule has 0 unspecified atom stereocenters. The molecule has 2 heterocycles. The Labute approximate surface area is 155 Å². The average molecular weight is 355 g/mol. The number of hydrogen-bond donors (Lipinski definition) is 2. The van der Waals surface area contributed by atoms with E-state index in [9.17, 15) is 4.79 Å². The highest BCUT2D eigenvalue weighted by atomic mass is 16.2. The Bertz CT molecular complexity index is 759. The third-order valence-corrected chi connectivity index (χ3v) is 5.00. The number of likely N-dealkylation sites (tertiary alicyclic amines) is 1. The van der Waals surface area contributed by atoms with Gasteiger partial charge in [0.25, 0.3) is 0 Å². The monoisotopic (exact) mass is 355 g/mol. The van der Waals surface area contributed by atoms with Crippen molar-refractivity contribution in [3.63, 3.8) is 0 Å². The summed E-state index contributed by atoms with van der Waals surface area (Å²) in [6, 6.07) is 8.24. The zero-order valence-corrected chi connectivity index (χ0v) is 16.1. The van der Waals surface area contributed by atoms with Crippen molar-refractivity contribution >= 4 is 11.7 Å². The Balaban J connectivity index is 1.76. The van der Waals surface area contributed by atoms with Crippen molar-refractivity contribution in [2.45, 2.75) is 45.6 Å². The van der Waals surface area contributed by atoms with Crippen molar-refractivity contribution in [3.8, 4) is 5.69 Å². The van der Waals surface area contributed by atoms with Crippen LogP contribution in [0.25, 0.3) is 5.69 Å². The Morgan fingerprint density at radius 3 is 2.58 bits per heavy atom. The molecular formula is C20H29N5O. The summed E-state index contributed by atoms with van der Waals surface area (Å²) in [4.78, 5) is 14.8. The summed E-state index contributed by atoms with van der Waals surface area (Å²) in [5.41, 5.74) is 3.98. The number of nitrogens with one attached hydrogen (secondary N) is 2. The highest BCUT2D eigenvalue weighted by Gasteiger charge is 2.21. The van der Waals surface area contributed by atoms with Gasteiger partial charge in [-0.1, -0.05) is 32.0 Å². The molecule has 0 aliphatic carbocycles. The molecule has 2 N–H and O–H groups in total. The summed E-state index contributed by atoms with van der Waals surface area (Å²) < 4.78 is 1.94. The molecule has 140 valence electrons. The fourth-order valence-corrected chi connectivity index (χ4v) is 3.50. The lowest BCUT2D eigenvalue weighted by Crippen LogP contribution is -2.44. The van der Waals surface area contributed by atoms with Crippen LogP contribution in [-0.4, -0.2) is 46.9 Å². The van der Waals surface area contributed by atoms with Gasteiger partial charge in [-0.3, -0.25) is 0 Å². The molecular weight excluding hydrogens is 326 g/mol. The van der Waals surface area contributed by atoms with E-state index in [-0.39, 0.29) is 18.0 Å². The molecule has 1 aromatic heterocycles. The van der Waals surface area contributed by atoms with Gasteiger partial charge in [0.05, 0.1) is 23.3 Å². The Kier molecular flexibility index (Phi) is 5.61. The van der Waals surface area contributed by atoms with Crippen molar-refractivity contribution in [1.82, 2.24) is 20.0 Å². The van der Waals surface area contributed by atoms with Gasteiger partial charge in [0.15, 0.2) is 0 Å². The molecule has 2 amide bonds. The molecule has 0 radical (unpaired) electrons. The maximum absolute atomic E-state index is 12.5. The fourth-order valence-electron chi connectivity index (χ4n) is 3.50. The first-order chi connectivity index (χ1) is 12.5. The van der Waals surface area contributed by atoms with E-state index in [1.54, 1.807) is 6.20 Å². The molecule has 1 fully saturated rings. The molecule has 0 bridgehead atoms. The number of rotatable bonds is 4. The predicted molar refractivity (Wildman–Crippen MR) is 105 cm³/mol. The summed E-state index contributed by atoms with van der Waals surface area (Å²) in [5, 5.41) is 10.7. The molecule has 26 heavy (non-hydrogen) atoms. The number of carbonyl (C=O) groups excluding carboxylic acids is 1. The van der Waals surface area contributed by atoms with Crippen LogP contribution in [0.4, 0.5) is 10.5 Å². The van der Waals surface area contributed by atoms with E-state index < -0.39 is 0 Å². The van der Waals surface area contributed by atoms with Gasteiger partial charge in [-0.15, -0.1) is 0 Å². The fraction of sp³-hybridized carbons (Fsp3) is 0.500. The third-order valence-electron chi connectivity index (χ3n) is 5.00. The number of piperidine rings is 1. The number of benzene rings is 1. The number of amides is 2. The van der Waals surface area contributed by atoms with Crippen molar-refractivity contribution in [2.75, 3.05) is 25.5 Å². The molecule has 2 aromatic rings. The molecule has 1 aliphatic rings. The topological polar surface area (TPSA) is 62.2 Å². The second kappa shape index (κ2) is 7.91. The number of hydrogen-bond acceptors (Lipinski definition) is 3. The number of nitrogens with zero attached hydrogens (tertiary/aromatic N) is 3. The number of carbonyl (C=O) groups is 1. The Morgan fingerprint density at radius 1 is 1.23 bits per heavy atom. The molecule has 0 saturated carbocycles. The van der Waals surface area contributed by atoms with Crippen LogP contribution in [-0.2, 0) is 0 Å². The lowest BCUT2D eigenvalue weighted by Gasteiger charge is -2.29. The molecule has 6 heteroatoms. The van der Waals surface area contributed by atoms with Crippen LogP contribution in [0.15, 0.2) is 30.5 Å². The Morgan fingerprint density at radius 2 is 1.92 bits per heavy atom. The van der Waals surface area contributed by atoms with E-state index in [1.165, 1.54) is 0 Å². The van der Waals surface area contributed by atoms with E-state index in [4.69, 9.17) is 0 Å². The van der Waals surface area contributed by atoms with Crippen LogP contribution in [0.2, 0.25) is 0 Å². The van der Waals surface area contributed by atoms with Gasteiger partial charge in [-0.2, -0.15) is 5.10 Å². The van der Waals surface area contributed by atoms with Crippen molar-refractivity contribution in [3.05, 3.63) is 41.7 Å². The summed E-state index contributed by atoms with van der Waals surface area (Å²) in [6.45, 7) is 8.35. The summed E-state index contributed by atoms with van der Waals surface area (Å²) in [5.74, 6) is 0.232. The maximum Gasteiger partial charge on any atom is 0.319 e. The van der Waals surface area contributed by atoms with Gasteiger partial charge in [-0.05, 0) is 57.5 Å². The summed E-state index contributed by atoms with van der Waals surface area (Å²) >= 11 is 0. The molecule has 1 saturated heterocycles. The zero-order chi connectivity index (χ0) is 18.7. The molecule has 1 aromatic carbocycles. The third kappa shape index (κ3) is 4.07. The van der Waals surface area contributed by atoms with Crippen LogP contribution in [0.5, 0.6) is 0 Å². The number of aromatic nitrogens is 2. The van der Waals surface area contributed by atoms with E-state index >= 15 is 0 Å². The van der Waals surface area contributed by atoms with Crippen LogP contribution in [0, 0.1) is 6.92 Å². The second-order valence-electron chi connectivity index (χ2n) is 7.47. The minimum atomic E-state index is -0.147. The predicted octanol–water partition coefficient (Wildman–Crippen LogP) is 3.52. The first kappa shape index (κ1) is 18.5. The number of urea groups is 1. The summed E-state index contributed by atoms with van der Waals surface area (Å²) in [7, 11) is 2.12. The SMILES string of the molecule is Cc1ccccc1-n1ncc(NC(=O)NC2CCN(C)CC2)c1C(C)C. The number of aryl methyl sites for hydroxylation is 1. The maximum atomic E-state index is 12.5. The van der Waals surface area contributed by atoms with E-state index in [1.807, 2.05) is 16.8 Å². The van der Waals surface area contributed by atoms with Gasteiger partial charge in [0.1, 0.15) is 0 Å². The molecule has 6 nitrogen and oxygen atoms in total. The number of anilines is 1. The van der Waals surface area contributed by atoms with E-state index in [0.29, 0.717) is 0 Å². The Hall–Kier alpha value is -2.34. The summed E-state index contributed by atoms with van der Waals surface area (Å²) in [6.07, 6.45) is 3.73. The van der Waals surface area contributed by atoms with Crippen LogP contribution in [0.3, 0.4) is 0 Å². The lowest BCUT2D eigenvalue weighted by atomic mass is 10.1. The minimum Gasteiger partial charge on any atom is -0.335 e. The highest BCUT2D eigenvalue weighted by molar-refractivity contribution is 5.90. The van der Waals surface area contributed by atoms with Gasteiger partial charge in [-0.25, -0.2) is 9.48 Å². The average Bonchev–Trinajstić information content (AvgIpc) is 3.01. The van der Waals surface area contributed by atoms with Gasteiger partial charge in [0, 0.05) is 6.04 Å². The quantitative estimate of drug-likeness (QED) is 0.882. The van der Waals surface area contributed by atoms with Crippen molar-refractivity contribution in [1.29, 1.82) is 0 Å². The standard InChI is InChI=1S/C20H29N5O/c1-14(2)19-17(13-21-25(19)18-8-6-5-7-15(18)3)23-20(26)22-16-9-11-24(4)12-10-16/h5-8,13-14,16H,9-12H2,1-4H3,(H2,22,23,26). The first-order valence-corrected chi connectivity index (χ1v) is 9.35. The van der Waals surface area contributed by atoms with Crippen molar-refractivity contribution < 1.29 is 4.79 Å². The normalized spacial score (nSPS) is 16.0.